The van der Waals surface area contributed by atoms with Gasteiger partial charge in [0.15, 0.2) is 12.5 Å². The Bertz CT molecular complexity index is 1370. The number of allylic oxidation sites excluding steroid dienone is 2. The number of aromatic nitrogens is 2. The molecule has 3 atom stereocenters. The predicted octanol–water partition coefficient (Wildman–Crippen LogP) is 3.18. The molecular weight excluding hydrogens is 514 g/mol. The Morgan fingerprint density at radius 1 is 1.32 bits per heavy atom. The maximum absolute atomic E-state index is 13.4. The molecule has 1 unspecified atom stereocenters. The molecule has 5 heterocycles. The van der Waals surface area contributed by atoms with Gasteiger partial charge in [-0.3, -0.25) is 15.0 Å². The summed E-state index contributed by atoms with van der Waals surface area (Å²) in [4.78, 5) is 37.8. The van der Waals surface area contributed by atoms with Crippen molar-refractivity contribution in [3.63, 3.8) is 0 Å². The van der Waals surface area contributed by atoms with Crippen molar-refractivity contribution in [1.29, 1.82) is 5.26 Å². The van der Waals surface area contributed by atoms with Crippen LogP contribution in [0.4, 0.5) is 22.1 Å². The smallest absolute Gasteiger partial charge is 0.328 e. The molecule has 12 heteroatoms. The molecule has 12 nitrogen and oxygen atoms in total. The van der Waals surface area contributed by atoms with Gasteiger partial charge in [0.2, 0.25) is 0 Å². The standard InChI is InChI=1S/C28H31N7O5/c1-18-34(7-3-4-9-40-18)14-20-10-19-6-5-8-35(27(19)32-23(20)15-36)28(37)33-26-11-22(21(12-29)13-30-26)31-24-16-39-17-25(24)38-2/h3-4,7,9-11,13,15,18,24-25H,5-6,8,14,16-17H2,1-2H3,(H2,30,31,33,37)/t18?,24-,25-/m0/s1. The van der Waals surface area contributed by atoms with Crippen molar-refractivity contribution in [1.82, 2.24) is 14.9 Å². The van der Waals surface area contributed by atoms with Gasteiger partial charge in [-0.05, 0) is 43.5 Å². The molecule has 208 valence electrons. The molecular formula is C28H31N7O5. The molecule has 2 aromatic rings. The fraction of sp³-hybridized carbons (Fsp3) is 0.393. The summed E-state index contributed by atoms with van der Waals surface area (Å²) >= 11 is 0. The van der Waals surface area contributed by atoms with E-state index in [9.17, 15) is 14.9 Å². The molecule has 0 spiro atoms. The molecule has 0 radical (unpaired) electrons. The van der Waals surface area contributed by atoms with Crippen LogP contribution in [0.5, 0.6) is 0 Å². The Labute approximate surface area is 232 Å². The Hall–Kier alpha value is -4.47. The zero-order chi connectivity index (χ0) is 28.1. The maximum atomic E-state index is 13.4. The molecule has 1 fully saturated rings. The minimum atomic E-state index is -0.427. The number of rotatable bonds is 7. The van der Waals surface area contributed by atoms with E-state index in [1.165, 1.54) is 11.1 Å². The number of pyridine rings is 2. The lowest BCUT2D eigenvalue weighted by atomic mass is 10.0. The SMILES string of the molecule is CO[C@H]1COC[C@@H]1Nc1cc(NC(=O)N2CCCc3cc(CN4C=CC=COC4C)c(C=O)nc32)ncc1C#N. The van der Waals surface area contributed by atoms with E-state index in [2.05, 4.69) is 26.7 Å². The number of nitrogens with one attached hydrogen (secondary N) is 2. The van der Waals surface area contributed by atoms with Crippen LogP contribution in [-0.2, 0) is 27.2 Å². The summed E-state index contributed by atoms with van der Waals surface area (Å²) in [7, 11) is 1.61. The van der Waals surface area contributed by atoms with E-state index < -0.39 is 6.03 Å². The van der Waals surface area contributed by atoms with Crippen molar-refractivity contribution in [3.05, 3.63) is 65.3 Å². The van der Waals surface area contributed by atoms with Gasteiger partial charge in [-0.25, -0.2) is 14.8 Å². The molecule has 0 bridgehead atoms. The summed E-state index contributed by atoms with van der Waals surface area (Å²) in [6, 6.07) is 5.11. The van der Waals surface area contributed by atoms with E-state index in [1.807, 2.05) is 30.2 Å². The van der Waals surface area contributed by atoms with E-state index in [4.69, 9.17) is 14.2 Å². The van der Waals surface area contributed by atoms with Crippen LogP contribution in [0.2, 0.25) is 0 Å². The molecule has 1 saturated heterocycles. The van der Waals surface area contributed by atoms with Gasteiger partial charge in [0.05, 0.1) is 36.8 Å². The van der Waals surface area contributed by atoms with Crippen molar-refractivity contribution in [2.75, 3.05) is 42.4 Å². The number of ether oxygens (including phenoxy) is 3. The average Bonchev–Trinajstić information content (AvgIpc) is 3.32. The maximum Gasteiger partial charge on any atom is 0.328 e. The minimum Gasteiger partial charge on any atom is -0.478 e. The zero-order valence-electron chi connectivity index (χ0n) is 22.4. The van der Waals surface area contributed by atoms with Crippen molar-refractivity contribution >= 4 is 29.6 Å². The highest BCUT2D eigenvalue weighted by atomic mass is 16.5. The number of aldehydes is 1. The number of carbonyl (C=O) groups is 2. The third-order valence-corrected chi connectivity index (χ3v) is 7.13. The number of nitrogens with zero attached hydrogens (tertiary/aromatic N) is 5. The third-order valence-electron chi connectivity index (χ3n) is 7.13. The van der Waals surface area contributed by atoms with Gasteiger partial charge in [-0.1, -0.05) is 0 Å². The highest BCUT2D eigenvalue weighted by Gasteiger charge is 2.30. The van der Waals surface area contributed by atoms with Crippen molar-refractivity contribution in [2.45, 2.75) is 44.7 Å². The van der Waals surface area contributed by atoms with Gasteiger partial charge in [0.1, 0.15) is 29.5 Å². The van der Waals surface area contributed by atoms with Gasteiger partial charge in [-0.15, -0.1) is 0 Å². The number of amides is 2. The molecule has 2 aromatic heterocycles. The van der Waals surface area contributed by atoms with Crippen LogP contribution in [0, 0.1) is 11.3 Å². The number of anilines is 3. The Kier molecular flexibility index (Phi) is 8.23. The first-order valence-electron chi connectivity index (χ1n) is 13.1. The van der Waals surface area contributed by atoms with Crippen molar-refractivity contribution in [3.8, 4) is 6.07 Å². The lowest BCUT2D eigenvalue weighted by molar-refractivity contribution is 0.0351. The molecule has 2 N–H and O–H groups in total. The van der Waals surface area contributed by atoms with Crippen LogP contribution < -0.4 is 15.5 Å². The van der Waals surface area contributed by atoms with Crippen LogP contribution in [-0.4, -0.2) is 72.4 Å². The van der Waals surface area contributed by atoms with Crippen LogP contribution in [0.3, 0.4) is 0 Å². The summed E-state index contributed by atoms with van der Waals surface area (Å²) in [5.74, 6) is 0.722. The van der Waals surface area contributed by atoms with Crippen LogP contribution >= 0.6 is 0 Å². The number of hydrogen-bond acceptors (Lipinski definition) is 10. The lowest BCUT2D eigenvalue weighted by Crippen LogP contribution is -2.40. The second kappa shape index (κ2) is 12.1. The minimum absolute atomic E-state index is 0.146. The summed E-state index contributed by atoms with van der Waals surface area (Å²) in [6.07, 6.45) is 10.4. The van der Waals surface area contributed by atoms with Gasteiger partial charge in [-0.2, -0.15) is 5.26 Å². The first kappa shape index (κ1) is 27.1. The molecule has 0 aliphatic carbocycles. The van der Waals surface area contributed by atoms with E-state index in [1.54, 1.807) is 25.5 Å². The van der Waals surface area contributed by atoms with Crippen LogP contribution in [0.15, 0.2) is 42.9 Å². The topological polar surface area (TPSA) is 142 Å². The van der Waals surface area contributed by atoms with E-state index >= 15 is 0 Å². The van der Waals surface area contributed by atoms with Gasteiger partial charge in [0.25, 0.3) is 0 Å². The lowest BCUT2D eigenvalue weighted by Gasteiger charge is -2.30. The number of methoxy groups -OCH3 is 1. The molecule has 5 rings (SSSR count). The molecule has 0 saturated carbocycles. The summed E-state index contributed by atoms with van der Waals surface area (Å²) in [5, 5.41) is 15.7. The number of aryl methyl sites for hydroxylation is 1. The van der Waals surface area contributed by atoms with Crippen LogP contribution in [0.1, 0.15) is 40.5 Å². The third kappa shape index (κ3) is 5.75. The molecule has 2 amide bonds. The Balaban J connectivity index is 1.35. The van der Waals surface area contributed by atoms with E-state index in [0.717, 1.165) is 24.0 Å². The fourth-order valence-electron chi connectivity index (χ4n) is 4.94. The second-order valence-corrected chi connectivity index (χ2v) is 9.69. The molecule has 0 aromatic carbocycles. The normalized spacial score (nSPS) is 21.7. The Morgan fingerprint density at radius 2 is 2.20 bits per heavy atom. The molecule has 3 aliphatic heterocycles. The van der Waals surface area contributed by atoms with Gasteiger partial charge >= 0.3 is 6.03 Å². The summed E-state index contributed by atoms with van der Waals surface area (Å²) in [5.41, 5.74) is 2.77. The highest BCUT2D eigenvalue weighted by Crippen LogP contribution is 2.29. The second-order valence-electron chi connectivity index (χ2n) is 9.69. The van der Waals surface area contributed by atoms with Crippen molar-refractivity contribution < 1.29 is 23.8 Å². The molecule has 3 aliphatic rings. The Morgan fingerprint density at radius 3 is 3.00 bits per heavy atom. The zero-order valence-corrected chi connectivity index (χ0v) is 22.4. The van der Waals surface area contributed by atoms with E-state index in [-0.39, 0.29) is 29.9 Å². The molecule has 40 heavy (non-hydrogen) atoms. The first-order chi connectivity index (χ1) is 19.5. The number of hydrogen-bond donors (Lipinski definition) is 2. The first-order valence-corrected chi connectivity index (χ1v) is 13.1. The average molecular weight is 546 g/mol. The summed E-state index contributed by atoms with van der Waals surface area (Å²) < 4.78 is 16.6. The predicted molar refractivity (Wildman–Crippen MR) is 147 cm³/mol. The van der Waals surface area contributed by atoms with Gasteiger partial charge < -0.3 is 24.4 Å². The number of urea groups is 1. The van der Waals surface area contributed by atoms with E-state index in [0.29, 0.717) is 49.7 Å². The van der Waals surface area contributed by atoms with Crippen molar-refractivity contribution in [2.24, 2.45) is 0 Å². The number of fused-ring (bicyclic) bond motifs is 1. The number of nitriles is 1. The fourth-order valence-corrected chi connectivity index (χ4v) is 4.94. The quantitative estimate of drug-likeness (QED) is 0.498. The monoisotopic (exact) mass is 545 g/mol. The summed E-state index contributed by atoms with van der Waals surface area (Å²) in [6.45, 7) is 3.68. The van der Waals surface area contributed by atoms with Gasteiger partial charge in [0, 0.05) is 44.2 Å². The van der Waals surface area contributed by atoms with Crippen LogP contribution in [0.25, 0.3) is 0 Å². The number of carbonyl (C=O) groups excluding carboxylic acids is 2. The largest absolute Gasteiger partial charge is 0.478 e. The highest BCUT2D eigenvalue weighted by molar-refractivity contribution is 6.01.